The molecule has 1 rings (SSSR count). The predicted molar refractivity (Wildman–Crippen MR) is 58.0 cm³/mol. The van der Waals surface area contributed by atoms with Crippen molar-refractivity contribution >= 4 is 19.2 Å². The zero-order valence-corrected chi connectivity index (χ0v) is 9.12. The van der Waals surface area contributed by atoms with Gasteiger partial charge in [0.1, 0.15) is 5.75 Å². The van der Waals surface area contributed by atoms with Crippen molar-refractivity contribution in [1.82, 2.24) is 0 Å². The lowest BCUT2D eigenvalue weighted by atomic mass is 10.3. The van der Waals surface area contributed by atoms with E-state index < -0.39 is 13.9 Å². The van der Waals surface area contributed by atoms with Gasteiger partial charge in [0.25, 0.3) is 0 Å². The second-order valence-corrected chi connectivity index (χ2v) is 5.12. The van der Waals surface area contributed by atoms with Crippen molar-refractivity contribution in [3.8, 4) is 5.75 Å². The summed E-state index contributed by atoms with van der Waals surface area (Å²) in [5.41, 5.74) is 0. The maximum atomic E-state index is 10.6. The maximum absolute atomic E-state index is 10.6. The van der Waals surface area contributed by atoms with E-state index in [4.69, 9.17) is 9.84 Å². The Labute approximate surface area is 84.5 Å². The van der Waals surface area contributed by atoms with Crippen LogP contribution in [0.15, 0.2) is 24.3 Å². The van der Waals surface area contributed by atoms with Gasteiger partial charge in [-0.2, -0.15) is 0 Å². The fourth-order valence-electron chi connectivity index (χ4n) is 1.23. The molecule has 0 amide bonds. The number of ether oxygens (including phenoxy) is 1. The van der Waals surface area contributed by atoms with Gasteiger partial charge < -0.3 is 9.84 Å². The van der Waals surface area contributed by atoms with Gasteiger partial charge in [-0.15, -0.1) is 0 Å². The van der Waals surface area contributed by atoms with Gasteiger partial charge in [0.05, 0.1) is 13.3 Å². The molecular formula is C10H13O3P. The topological polar surface area (TPSA) is 46.5 Å². The number of hydrogen-bond acceptors (Lipinski definition) is 2. The van der Waals surface area contributed by atoms with Crippen LogP contribution >= 0.6 is 7.92 Å². The molecule has 76 valence electrons. The molecule has 0 heterocycles. The van der Waals surface area contributed by atoms with Crippen LogP contribution in [0.4, 0.5) is 0 Å². The SMILES string of the molecule is COc1ccccc1P(C)CC(=O)O. The van der Waals surface area contributed by atoms with Crippen LogP contribution in [0.2, 0.25) is 0 Å². The van der Waals surface area contributed by atoms with Gasteiger partial charge in [0, 0.05) is 5.30 Å². The van der Waals surface area contributed by atoms with E-state index in [0.29, 0.717) is 0 Å². The van der Waals surface area contributed by atoms with Crippen LogP contribution in [-0.4, -0.2) is 31.0 Å². The molecule has 0 bridgehead atoms. The molecular weight excluding hydrogens is 199 g/mol. The lowest BCUT2D eigenvalue weighted by molar-refractivity contribution is -0.134. The summed E-state index contributed by atoms with van der Waals surface area (Å²) in [4.78, 5) is 10.6. The Hall–Kier alpha value is -1.08. The van der Waals surface area contributed by atoms with Crippen LogP contribution < -0.4 is 10.0 Å². The number of para-hydroxylation sites is 1. The molecule has 14 heavy (non-hydrogen) atoms. The number of carboxylic acid groups (broad SMARTS) is 1. The van der Waals surface area contributed by atoms with E-state index in [1.54, 1.807) is 7.11 Å². The fourth-order valence-corrected chi connectivity index (χ4v) is 2.69. The minimum Gasteiger partial charge on any atom is -0.496 e. The van der Waals surface area contributed by atoms with Crippen LogP contribution in [0.1, 0.15) is 0 Å². The summed E-state index contributed by atoms with van der Waals surface area (Å²) in [6.07, 6.45) is 0.190. The van der Waals surface area contributed by atoms with Crippen LogP contribution in [0.25, 0.3) is 0 Å². The number of aliphatic carboxylic acids is 1. The largest absolute Gasteiger partial charge is 0.496 e. The summed E-state index contributed by atoms with van der Waals surface area (Å²) in [5, 5.41) is 9.69. The number of methoxy groups -OCH3 is 1. The van der Waals surface area contributed by atoms with E-state index in [-0.39, 0.29) is 6.16 Å². The highest BCUT2D eigenvalue weighted by molar-refractivity contribution is 7.65. The first-order valence-corrected chi connectivity index (χ1v) is 6.18. The van der Waals surface area contributed by atoms with Gasteiger partial charge >= 0.3 is 5.97 Å². The molecule has 3 nitrogen and oxygen atoms in total. The Balaban J connectivity index is 2.87. The van der Waals surface area contributed by atoms with Crippen molar-refractivity contribution in [2.75, 3.05) is 19.9 Å². The van der Waals surface area contributed by atoms with Crippen LogP contribution in [0, 0.1) is 0 Å². The first-order valence-electron chi connectivity index (χ1n) is 4.21. The second kappa shape index (κ2) is 4.97. The van der Waals surface area contributed by atoms with E-state index in [0.717, 1.165) is 11.1 Å². The molecule has 1 aromatic carbocycles. The Morgan fingerprint density at radius 2 is 2.14 bits per heavy atom. The average Bonchev–Trinajstić information content (AvgIpc) is 2.16. The predicted octanol–water partition coefficient (Wildman–Crippen LogP) is 1.52. The lowest BCUT2D eigenvalue weighted by Gasteiger charge is -2.13. The number of carboxylic acids is 1. The van der Waals surface area contributed by atoms with E-state index in [9.17, 15) is 4.79 Å². The molecule has 1 N–H and O–H groups in total. The Bertz CT molecular complexity index is 325. The number of benzene rings is 1. The molecule has 0 radical (unpaired) electrons. The fraction of sp³-hybridized carbons (Fsp3) is 0.300. The highest BCUT2D eigenvalue weighted by atomic mass is 31.1. The molecule has 0 aliphatic rings. The quantitative estimate of drug-likeness (QED) is 0.769. The van der Waals surface area contributed by atoms with Gasteiger partial charge in [-0.1, -0.05) is 26.1 Å². The average molecular weight is 212 g/mol. The molecule has 1 unspecified atom stereocenters. The first-order chi connectivity index (χ1) is 6.65. The van der Waals surface area contributed by atoms with Gasteiger partial charge in [-0.05, 0) is 12.7 Å². The molecule has 0 aromatic heterocycles. The Kier molecular flexibility index (Phi) is 3.90. The number of carbonyl (C=O) groups is 1. The highest BCUT2D eigenvalue weighted by Gasteiger charge is 2.13. The summed E-state index contributed by atoms with van der Waals surface area (Å²) < 4.78 is 5.17. The molecule has 1 atom stereocenters. The second-order valence-electron chi connectivity index (χ2n) is 2.92. The van der Waals surface area contributed by atoms with Gasteiger partial charge in [0.15, 0.2) is 0 Å². The Morgan fingerprint density at radius 3 is 2.71 bits per heavy atom. The van der Waals surface area contributed by atoms with E-state index in [1.165, 1.54) is 0 Å². The minimum absolute atomic E-state index is 0.190. The standard InChI is InChI=1S/C10H13O3P/c1-13-8-5-3-4-6-9(8)14(2)7-10(11)12/h3-6H,7H2,1-2H3,(H,11,12). The van der Waals surface area contributed by atoms with Gasteiger partial charge in [-0.25, -0.2) is 0 Å². The van der Waals surface area contributed by atoms with Crippen LogP contribution in [-0.2, 0) is 4.79 Å². The van der Waals surface area contributed by atoms with Crippen LogP contribution in [0.3, 0.4) is 0 Å². The minimum atomic E-state index is -0.760. The van der Waals surface area contributed by atoms with Gasteiger partial charge in [0.2, 0.25) is 0 Å². The monoisotopic (exact) mass is 212 g/mol. The molecule has 0 spiro atoms. The molecule has 1 aromatic rings. The van der Waals surface area contributed by atoms with Crippen molar-refractivity contribution in [1.29, 1.82) is 0 Å². The smallest absolute Gasteiger partial charge is 0.308 e. The summed E-state index contributed by atoms with van der Waals surface area (Å²) in [5.74, 6) is 0.0203. The number of hydrogen-bond donors (Lipinski definition) is 1. The van der Waals surface area contributed by atoms with Crippen molar-refractivity contribution < 1.29 is 14.6 Å². The third kappa shape index (κ3) is 2.71. The van der Waals surface area contributed by atoms with Crippen molar-refractivity contribution in [3.05, 3.63) is 24.3 Å². The number of rotatable bonds is 4. The summed E-state index contributed by atoms with van der Waals surface area (Å²) >= 11 is 0. The molecule has 0 fully saturated rings. The van der Waals surface area contributed by atoms with Gasteiger partial charge in [-0.3, -0.25) is 4.79 Å². The zero-order valence-electron chi connectivity index (χ0n) is 8.23. The highest BCUT2D eigenvalue weighted by Crippen LogP contribution is 2.32. The molecule has 4 heteroatoms. The van der Waals surface area contributed by atoms with Crippen molar-refractivity contribution in [2.45, 2.75) is 0 Å². The molecule has 0 saturated heterocycles. The maximum Gasteiger partial charge on any atom is 0.308 e. The van der Waals surface area contributed by atoms with Crippen molar-refractivity contribution in [3.63, 3.8) is 0 Å². The summed E-state index contributed by atoms with van der Waals surface area (Å²) in [7, 11) is 0.934. The van der Waals surface area contributed by atoms with Crippen molar-refractivity contribution in [2.24, 2.45) is 0 Å². The summed E-state index contributed by atoms with van der Waals surface area (Å²) in [6.45, 7) is 1.95. The zero-order chi connectivity index (χ0) is 10.6. The van der Waals surface area contributed by atoms with E-state index >= 15 is 0 Å². The first kappa shape index (κ1) is 11.0. The third-order valence-corrected chi connectivity index (χ3v) is 3.81. The summed E-state index contributed by atoms with van der Waals surface area (Å²) in [6, 6.07) is 7.56. The molecule has 0 aliphatic heterocycles. The lowest BCUT2D eigenvalue weighted by Crippen LogP contribution is -2.11. The third-order valence-electron chi connectivity index (χ3n) is 1.87. The van der Waals surface area contributed by atoms with E-state index in [1.807, 2.05) is 30.9 Å². The molecule has 0 saturated carbocycles. The molecule has 0 aliphatic carbocycles. The Morgan fingerprint density at radius 1 is 1.50 bits per heavy atom. The van der Waals surface area contributed by atoms with E-state index in [2.05, 4.69) is 0 Å². The normalized spacial score (nSPS) is 12.1. The van der Waals surface area contributed by atoms with Crippen LogP contribution in [0.5, 0.6) is 5.75 Å².